The maximum Gasteiger partial charge on any atom is 0.254 e. The molecule has 0 aliphatic carbocycles. The first-order chi connectivity index (χ1) is 13.4. The lowest BCUT2D eigenvalue weighted by molar-refractivity contribution is 0.0734. The monoisotopic (exact) mass is 403 g/mol. The van der Waals surface area contributed by atoms with Crippen molar-refractivity contribution < 1.29 is 22.7 Å². The molecule has 150 valence electrons. The summed E-state index contributed by atoms with van der Waals surface area (Å²) in [4.78, 5) is 15.2. The topological polar surface area (TPSA) is 72.9 Å². The normalized spacial score (nSPS) is 16.8. The fourth-order valence-electron chi connectivity index (χ4n) is 3.56. The third-order valence-electron chi connectivity index (χ3n) is 5.15. The van der Waals surface area contributed by atoms with Gasteiger partial charge in [0, 0.05) is 23.7 Å². The number of ether oxygens (including phenoxy) is 2. The van der Waals surface area contributed by atoms with Crippen LogP contribution < -0.4 is 9.47 Å². The molecule has 0 N–H and O–H groups in total. The lowest BCUT2D eigenvalue weighted by atomic mass is 10.0. The second-order valence-corrected chi connectivity index (χ2v) is 8.97. The van der Waals surface area contributed by atoms with Crippen LogP contribution in [0.5, 0.6) is 11.5 Å². The summed E-state index contributed by atoms with van der Waals surface area (Å²) in [6.07, 6.45) is 1.74. The van der Waals surface area contributed by atoms with E-state index in [0.29, 0.717) is 23.6 Å². The van der Waals surface area contributed by atoms with E-state index in [9.17, 15) is 13.2 Å². The van der Waals surface area contributed by atoms with Crippen LogP contribution in [0, 0.1) is 0 Å². The molecule has 7 heteroatoms. The molecule has 1 aliphatic rings. The van der Waals surface area contributed by atoms with Gasteiger partial charge in [-0.15, -0.1) is 0 Å². The van der Waals surface area contributed by atoms with Crippen molar-refractivity contribution in [2.75, 3.05) is 26.5 Å². The first kappa shape index (κ1) is 20.2. The molecule has 3 rings (SSSR count). The van der Waals surface area contributed by atoms with E-state index in [4.69, 9.17) is 9.47 Å². The van der Waals surface area contributed by atoms with Crippen LogP contribution in [0.4, 0.5) is 0 Å². The average molecular weight is 404 g/mol. The number of benzene rings is 2. The number of nitrogens with zero attached hydrogens (tertiary/aromatic N) is 1. The van der Waals surface area contributed by atoms with Crippen LogP contribution in [0.3, 0.4) is 0 Å². The predicted octanol–water partition coefficient (Wildman–Crippen LogP) is 3.47. The number of sulfone groups is 1. The Morgan fingerprint density at radius 3 is 2.43 bits per heavy atom. The number of amides is 1. The fourth-order valence-corrected chi connectivity index (χ4v) is 4.45. The van der Waals surface area contributed by atoms with Gasteiger partial charge in [-0.3, -0.25) is 4.79 Å². The van der Waals surface area contributed by atoms with Crippen molar-refractivity contribution in [3.63, 3.8) is 0 Å². The standard InChI is InChI=1S/C21H25NO5S/c1-4-28(24,25)17-10-7-15(8-11-17)21(23)22-13-5-6-19(22)18-12-9-16(26-2)14-20(18)27-3/h7-12,14,19H,4-6,13H2,1-3H3. The van der Waals surface area contributed by atoms with Crippen molar-refractivity contribution >= 4 is 15.7 Å². The highest BCUT2D eigenvalue weighted by Gasteiger charge is 2.32. The zero-order valence-corrected chi connectivity index (χ0v) is 17.2. The van der Waals surface area contributed by atoms with Gasteiger partial charge in [0.2, 0.25) is 0 Å². The van der Waals surface area contributed by atoms with Gasteiger partial charge >= 0.3 is 0 Å². The van der Waals surface area contributed by atoms with Crippen molar-refractivity contribution in [1.82, 2.24) is 4.90 Å². The van der Waals surface area contributed by atoms with Crippen LogP contribution in [0.15, 0.2) is 47.4 Å². The number of likely N-dealkylation sites (tertiary alicyclic amines) is 1. The zero-order chi connectivity index (χ0) is 20.3. The molecule has 1 amide bonds. The molecule has 6 nitrogen and oxygen atoms in total. The molecule has 0 aromatic heterocycles. The second kappa shape index (κ2) is 8.22. The molecule has 1 heterocycles. The smallest absolute Gasteiger partial charge is 0.254 e. The van der Waals surface area contributed by atoms with Crippen LogP contribution in [-0.4, -0.2) is 45.7 Å². The molecule has 0 saturated carbocycles. The largest absolute Gasteiger partial charge is 0.497 e. The quantitative estimate of drug-likeness (QED) is 0.738. The molecule has 2 aromatic rings. The SMILES string of the molecule is CCS(=O)(=O)c1ccc(C(=O)N2CCCC2c2ccc(OC)cc2OC)cc1. The molecule has 1 unspecified atom stereocenters. The van der Waals surface area contributed by atoms with Crippen molar-refractivity contribution in [2.24, 2.45) is 0 Å². The first-order valence-corrected chi connectivity index (χ1v) is 10.9. The van der Waals surface area contributed by atoms with Crippen molar-refractivity contribution in [1.29, 1.82) is 0 Å². The number of carbonyl (C=O) groups is 1. The Bertz CT molecular complexity index is 953. The third-order valence-corrected chi connectivity index (χ3v) is 6.90. The minimum Gasteiger partial charge on any atom is -0.497 e. The summed E-state index contributed by atoms with van der Waals surface area (Å²) in [6, 6.07) is 11.7. The Morgan fingerprint density at radius 1 is 1.11 bits per heavy atom. The average Bonchev–Trinajstić information content (AvgIpc) is 3.22. The first-order valence-electron chi connectivity index (χ1n) is 9.27. The number of hydrogen-bond acceptors (Lipinski definition) is 5. The third kappa shape index (κ3) is 3.85. The second-order valence-electron chi connectivity index (χ2n) is 6.69. The summed E-state index contributed by atoms with van der Waals surface area (Å²) >= 11 is 0. The molecule has 2 aromatic carbocycles. The summed E-state index contributed by atoms with van der Waals surface area (Å²) in [6.45, 7) is 2.25. The van der Waals surface area contributed by atoms with E-state index in [1.165, 1.54) is 12.1 Å². The Kier molecular flexibility index (Phi) is 5.93. The highest BCUT2D eigenvalue weighted by Crippen LogP contribution is 2.39. The molecular weight excluding hydrogens is 378 g/mol. The van der Waals surface area contributed by atoms with Crippen molar-refractivity contribution in [3.8, 4) is 11.5 Å². The maximum atomic E-state index is 13.1. The molecule has 0 radical (unpaired) electrons. The highest BCUT2D eigenvalue weighted by molar-refractivity contribution is 7.91. The van der Waals surface area contributed by atoms with E-state index in [-0.39, 0.29) is 22.6 Å². The number of carbonyl (C=O) groups excluding carboxylic acids is 1. The minimum absolute atomic E-state index is 0.0335. The van der Waals surface area contributed by atoms with E-state index in [2.05, 4.69) is 0 Å². The summed E-state index contributed by atoms with van der Waals surface area (Å²) in [7, 11) is -0.0795. The molecule has 1 fully saturated rings. The van der Waals surface area contributed by atoms with Gasteiger partial charge in [0.25, 0.3) is 5.91 Å². The van der Waals surface area contributed by atoms with E-state index in [0.717, 1.165) is 18.4 Å². The van der Waals surface area contributed by atoms with E-state index < -0.39 is 9.84 Å². The van der Waals surface area contributed by atoms with Gasteiger partial charge in [0.1, 0.15) is 11.5 Å². The molecule has 1 aliphatic heterocycles. The van der Waals surface area contributed by atoms with Crippen LogP contribution in [0.2, 0.25) is 0 Å². The van der Waals surface area contributed by atoms with Crippen molar-refractivity contribution in [3.05, 3.63) is 53.6 Å². The van der Waals surface area contributed by atoms with Gasteiger partial charge in [-0.2, -0.15) is 0 Å². The fraction of sp³-hybridized carbons (Fsp3) is 0.381. The Morgan fingerprint density at radius 2 is 1.82 bits per heavy atom. The molecule has 0 bridgehead atoms. The van der Waals surface area contributed by atoms with E-state index in [1.807, 2.05) is 23.1 Å². The van der Waals surface area contributed by atoms with Gasteiger partial charge < -0.3 is 14.4 Å². The van der Waals surface area contributed by atoms with Gasteiger partial charge in [-0.1, -0.05) is 6.92 Å². The molecule has 28 heavy (non-hydrogen) atoms. The van der Waals surface area contributed by atoms with Crippen LogP contribution in [-0.2, 0) is 9.84 Å². The van der Waals surface area contributed by atoms with Crippen LogP contribution >= 0.6 is 0 Å². The zero-order valence-electron chi connectivity index (χ0n) is 16.3. The summed E-state index contributed by atoms with van der Waals surface area (Å²) in [5.74, 6) is 1.31. The highest BCUT2D eigenvalue weighted by atomic mass is 32.2. The molecule has 1 saturated heterocycles. The lowest BCUT2D eigenvalue weighted by Crippen LogP contribution is -2.30. The van der Waals surface area contributed by atoms with E-state index >= 15 is 0 Å². The maximum absolute atomic E-state index is 13.1. The van der Waals surface area contributed by atoms with Gasteiger partial charge in [-0.25, -0.2) is 8.42 Å². The lowest BCUT2D eigenvalue weighted by Gasteiger charge is -2.26. The Hall–Kier alpha value is -2.54. The number of hydrogen-bond donors (Lipinski definition) is 0. The van der Waals surface area contributed by atoms with Gasteiger partial charge in [-0.05, 0) is 49.2 Å². The van der Waals surface area contributed by atoms with Gasteiger partial charge in [0.05, 0.1) is 30.9 Å². The number of rotatable bonds is 6. The van der Waals surface area contributed by atoms with Crippen LogP contribution in [0.25, 0.3) is 0 Å². The predicted molar refractivity (Wildman–Crippen MR) is 107 cm³/mol. The molecular formula is C21H25NO5S. The Balaban J connectivity index is 1.88. The summed E-state index contributed by atoms with van der Waals surface area (Å²) in [5, 5.41) is 0. The van der Waals surface area contributed by atoms with Gasteiger partial charge in [0.15, 0.2) is 9.84 Å². The van der Waals surface area contributed by atoms with Crippen molar-refractivity contribution in [2.45, 2.75) is 30.7 Å². The number of methoxy groups -OCH3 is 2. The summed E-state index contributed by atoms with van der Waals surface area (Å²) in [5.41, 5.74) is 1.42. The summed E-state index contributed by atoms with van der Waals surface area (Å²) < 4.78 is 34.7. The molecule has 0 spiro atoms. The molecule has 1 atom stereocenters. The van der Waals surface area contributed by atoms with Crippen LogP contribution in [0.1, 0.15) is 41.7 Å². The van der Waals surface area contributed by atoms with E-state index in [1.54, 1.807) is 33.3 Å². The Labute approximate surface area is 166 Å². The minimum atomic E-state index is -3.28.